The lowest BCUT2D eigenvalue weighted by Gasteiger charge is -2.30. The molecule has 0 spiro atoms. The maximum Gasteiger partial charge on any atom is 0.191 e. The molecule has 0 radical (unpaired) electrons. The van der Waals surface area contributed by atoms with Gasteiger partial charge in [0.05, 0.1) is 19.8 Å². The Labute approximate surface area is 176 Å². The Morgan fingerprint density at radius 3 is 2.46 bits per heavy atom. The lowest BCUT2D eigenvalue weighted by molar-refractivity contribution is 0.122. The molecule has 1 aliphatic heterocycles. The van der Waals surface area contributed by atoms with Gasteiger partial charge < -0.3 is 20.3 Å². The maximum atomic E-state index is 5.48. The van der Waals surface area contributed by atoms with Gasteiger partial charge in [0.25, 0.3) is 0 Å². The van der Waals surface area contributed by atoms with E-state index in [-0.39, 0.29) is 24.0 Å². The Hall–Kier alpha value is -1.02. The van der Waals surface area contributed by atoms with Crippen molar-refractivity contribution in [3.63, 3.8) is 0 Å². The zero-order valence-electron chi connectivity index (χ0n) is 16.5. The van der Waals surface area contributed by atoms with Gasteiger partial charge in [0.1, 0.15) is 0 Å². The molecule has 1 aromatic carbocycles. The van der Waals surface area contributed by atoms with Gasteiger partial charge in [-0.2, -0.15) is 0 Å². The molecule has 0 saturated carbocycles. The van der Waals surface area contributed by atoms with Crippen LogP contribution in [-0.2, 0) is 11.3 Å². The Morgan fingerprint density at radius 1 is 1.12 bits per heavy atom. The fraction of sp³-hybridized carbons (Fsp3) is 0.650. The third kappa shape index (κ3) is 7.31. The smallest absolute Gasteiger partial charge is 0.191 e. The van der Waals surface area contributed by atoms with Crippen LogP contribution >= 0.6 is 24.0 Å². The third-order valence-corrected chi connectivity index (χ3v) is 4.81. The highest BCUT2D eigenvalue weighted by molar-refractivity contribution is 14.0. The van der Waals surface area contributed by atoms with Crippen LogP contribution < -0.4 is 15.5 Å². The zero-order chi connectivity index (χ0) is 17.9. The topological polar surface area (TPSA) is 48.9 Å². The van der Waals surface area contributed by atoms with Crippen LogP contribution in [0.4, 0.5) is 5.69 Å². The molecule has 1 heterocycles. The summed E-state index contributed by atoms with van der Waals surface area (Å²) in [5.74, 6) is 1.61. The number of nitrogens with zero attached hydrogens (tertiary/aromatic N) is 2. The number of guanidine groups is 1. The van der Waals surface area contributed by atoms with Crippen LogP contribution in [0.1, 0.15) is 39.2 Å². The average molecular weight is 474 g/mol. The summed E-state index contributed by atoms with van der Waals surface area (Å²) < 4.78 is 5.48. The molecule has 1 saturated heterocycles. The van der Waals surface area contributed by atoms with Crippen LogP contribution in [0.3, 0.4) is 0 Å². The lowest BCUT2D eigenvalue weighted by atomic mass is 10.0. The van der Waals surface area contributed by atoms with Crippen molar-refractivity contribution in [2.24, 2.45) is 10.9 Å². The van der Waals surface area contributed by atoms with Crippen LogP contribution in [0, 0.1) is 5.92 Å². The Kier molecular flexibility index (Phi) is 11.7. The Morgan fingerprint density at radius 2 is 1.81 bits per heavy atom. The molecule has 26 heavy (non-hydrogen) atoms. The number of hydrogen-bond acceptors (Lipinski definition) is 3. The van der Waals surface area contributed by atoms with Crippen molar-refractivity contribution in [3.8, 4) is 0 Å². The predicted molar refractivity (Wildman–Crippen MR) is 122 cm³/mol. The van der Waals surface area contributed by atoms with Crippen molar-refractivity contribution in [1.29, 1.82) is 0 Å². The van der Waals surface area contributed by atoms with Crippen molar-refractivity contribution in [2.45, 2.75) is 40.2 Å². The van der Waals surface area contributed by atoms with Gasteiger partial charge >= 0.3 is 0 Å². The normalized spacial score (nSPS) is 14.9. The van der Waals surface area contributed by atoms with E-state index in [1.165, 1.54) is 24.1 Å². The third-order valence-electron chi connectivity index (χ3n) is 4.81. The summed E-state index contributed by atoms with van der Waals surface area (Å²) in [6.07, 6.45) is 2.39. The number of nitrogens with one attached hydrogen (secondary N) is 2. The van der Waals surface area contributed by atoms with Gasteiger partial charge in [-0.1, -0.05) is 44.9 Å². The summed E-state index contributed by atoms with van der Waals surface area (Å²) in [7, 11) is 0. The second kappa shape index (κ2) is 13.2. The van der Waals surface area contributed by atoms with Crippen molar-refractivity contribution in [1.82, 2.24) is 10.6 Å². The standard InChI is InChI=1S/C20H34N4O.HI/c1-4-17(5-2)15-22-20(21-6-3)23-16-18-9-7-8-10-19(18)24-11-13-25-14-12-24;/h7-10,17H,4-6,11-16H2,1-3H3,(H2,21,22,23);1H. The molecule has 0 atom stereocenters. The quantitative estimate of drug-likeness (QED) is 0.343. The summed E-state index contributed by atoms with van der Waals surface area (Å²) in [6.45, 7) is 12.7. The molecule has 1 aromatic rings. The van der Waals surface area contributed by atoms with Crippen molar-refractivity contribution in [2.75, 3.05) is 44.3 Å². The summed E-state index contributed by atoms with van der Waals surface area (Å²) >= 11 is 0. The van der Waals surface area contributed by atoms with Gasteiger partial charge in [0.15, 0.2) is 5.96 Å². The maximum absolute atomic E-state index is 5.48. The van der Waals surface area contributed by atoms with Gasteiger partial charge in [-0.25, -0.2) is 4.99 Å². The number of morpholine rings is 1. The SMILES string of the molecule is CCNC(=NCc1ccccc1N1CCOCC1)NCC(CC)CC.I. The van der Waals surface area contributed by atoms with E-state index in [2.05, 4.69) is 60.6 Å². The van der Waals surface area contributed by atoms with Crippen molar-refractivity contribution >= 4 is 35.6 Å². The van der Waals surface area contributed by atoms with E-state index in [0.29, 0.717) is 12.5 Å². The molecule has 0 amide bonds. The predicted octanol–water partition coefficient (Wildman–Crippen LogP) is 3.63. The summed E-state index contributed by atoms with van der Waals surface area (Å²) in [5, 5.41) is 6.86. The molecular weight excluding hydrogens is 439 g/mol. The molecule has 1 fully saturated rings. The van der Waals surface area contributed by atoms with Gasteiger partial charge in [-0.15, -0.1) is 24.0 Å². The lowest BCUT2D eigenvalue weighted by Crippen LogP contribution is -2.39. The van der Waals surface area contributed by atoms with E-state index in [1.807, 2.05) is 0 Å². The molecule has 0 bridgehead atoms. The fourth-order valence-corrected chi connectivity index (χ4v) is 3.08. The minimum atomic E-state index is 0. The van der Waals surface area contributed by atoms with Crippen LogP contribution in [-0.4, -0.2) is 45.4 Å². The first kappa shape index (κ1) is 23.0. The van der Waals surface area contributed by atoms with Gasteiger partial charge in [0.2, 0.25) is 0 Å². The molecule has 5 nitrogen and oxygen atoms in total. The molecule has 6 heteroatoms. The first-order valence-electron chi connectivity index (χ1n) is 9.71. The molecule has 0 unspecified atom stereocenters. The number of hydrogen-bond donors (Lipinski definition) is 2. The van der Waals surface area contributed by atoms with E-state index in [1.54, 1.807) is 0 Å². The molecule has 148 valence electrons. The van der Waals surface area contributed by atoms with Crippen LogP contribution in [0.25, 0.3) is 0 Å². The largest absolute Gasteiger partial charge is 0.378 e. The minimum absolute atomic E-state index is 0. The van der Waals surface area contributed by atoms with Gasteiger partial charge in [-0.05, 0) is 24.5 Å². The first-order chi connectivity index (χ1) is 12.3. The number of para-hydroxylation sites is 1. The number of rotatable bonds is 8. The average Bonchev–Trinajstić information content (AvgIpc) is 2.67. The first-order valence-corrected chi connectivity index (χ1v) is 9.71. The molecule has 2 rings (SSSR count). The van der Waals surface area contributed by atoms with E-state index in [4.69, 9.17) is 9.73 Å². The van der Waals surface area contributed by atoms with E-state index in [9.17, 15) is 0 Å². The number of anilines is 1. The summed E-state index contributed by atoms with van der Waals surface area (Å²) in [4.78, 5) is 7.22. The van der Waals surface area contributed by atoms with Crippen molar-refractivity contribution < 1.29 is 4.74 Å². The molecule has 0 aliphatic carbocycles. The summed E-state index contributed by atoms with van der Waals surface area (Å²) in [6, 6.07) is 8.58. The van der Waals surface area contributed by atoms with Crippen LogP contribution in [0.2, 0.25) is 0 Å². The highest BCUT2D eigenvalue weighted by Crippen LogP contribution is 2.22. The zero-order valence-corrected chi connectivity index (χ0v) is 18.8. The highest BCUT2D eigenvalue weighted by Gasteiger charge is 2.14. The molecular formula is C20H35IN4O. The minimum Gasteiger partial charge on any atom is -0.378 e. The number of benzene rings is 1. The Balaban J connectivity index is 0.00000338. The van der Waals surface area contributed by atoms with Crippen molar-refractivity contribution in [3.05, 3.63) is 29.8 Å². The molecule has 2 N–H and O–H groups in total. The highest BCUT2D eigenvalue weighted by atomic mass is 127. The monoisotopic (exact) mass is 474 g/mol. The molecule has 0 aromatic heterocycles. The van der Waals surface area contributed by atoms with Crippen LogP contribution in [0.5, 0.6) is 0 Å². The van der Waals surface area contributed by atoms with Crippen LogP contribution in [0.15, 0.2) is 29.3 Å². The van der Waals surface area contributed by atoms with E-state index >= 15 is 0 Å². The second-order valence-corrected chi connectivity index (χ2v) is 6.49. The second-order valence-electron chi connectivity index (χ2n) is 6.49. The van der Waals surface area contributed by atoms with Gasteiger partial charge in [0, 0.05) is 31.9 Å². The van der Waals surface area contributed by atoms with Gasteiger partial charge in [-0.3, -0.25) is 0 Å². The number of aliphatic imine (C=N–C) groups is 1. The number of halogens is 1. The fourth-order valence-electron chi connectivity index (χ4n) is 3.08. The summed E-state index contributed by atoms with van der Waals surface area (Å²) in [5.41, 5.74) is 2.55. The van der Waals surface area contributed by atoms with E-state index < -0.39 is 0 Å². The molecule has 1 aliphatic rings. The van der Waals surface area contributed by atoms with E-state index in [0.717, 1.165) is 45.4 Å². The number of ether oxygens (including phenoxy) is 1. The Bertz CT molecular complexity index is 528.